The number of nitrogens with two attached hydrogens (primary N) is 1. The molecule has 0 aromatic heterocycles. The van der Waals surface area contributed by atoms with Gasteiger partial charge in [-0.05, 0) is 37.0 Å². The summed E-state index contributed by atoms with van der Waals surface area (Å²) in [5, 5.41) is 3.06. The van der Waals surface area contributed by atoms with E-state index in [-0.39, 0.29) is 17.9 Å². The number of hydrogen-bond acceptors (Lipinski definition) is 3. The van der Waals surface area contributed by atoms with Crippen LogP contribution in [0, 0.1) is 5.92 Å². The summed E-state index contributed by atoms with van der Waals surface area (Å²) in [6.07, 6.45) is 5.95. The molecule has 1 aliphatic rings. The average molecular weight is 317 g/mol. The summed E-state index contributed by atoms with van der Waals surface area (Å²) in [5.41, 5.74) is 6.90. The molecule has 1 aromatic rings. The molecule has 5 heteroatoms. The molecule has 0 heterocycles. The minimum Gasteiger partial charge on any atom is -0.348 e. The molecule has 0 aliphatic heterocycles. The fourth-order valence-electron chi connectivity index (χ4n) is 3.21. The standard InChI is InChI=1S/C18H27N3O2/c1-21(2)18(23)15-10-6-9-14(11-15)17(22)20-16(12-19)13-7-4-3-5-8-13/h6,9-11,13,16H,3-5,7-8,12,19H2,1-2H3,(H,20,22)/t16-/m0/s1. The molecule has 0 bridgehead atoms. The highest BCUT2D eigenvalue weighted by Gasteiger charge is 2.24. The van der Waals surface area contributed by atoms with Crippen molar-refractivity contribution >= 4 is 11.8 Å². The predicted molar refractivity (Wildman–Crippen MR) is 91.3 cm³/mol. The minimum atomic E-state index is -0.153. The zero-order valence-electron chi connectivity index (χ0n) is 14.0. The number of nitrogens with one attached hydrogen (secondary N) is 1. The summed E-state index contributed by atoms with van der Waals surface area (Å²) in [7, 11) is 3.39. The molecule has 1 atom stereocenters. The lowest BCUT2D eigenvalue weighted by molar-refractivity contribution is 0.0827. The van der Waals surface area contributed by atoms with Crippen molar-refractivity contribution in [2.24, 2.45) is 11.7 Å². The van der Waals surface area contributed by atoms with Crippen LogP contribution in [0.1, 0.15) is 52.8 Å². The maximum atomic E-state index is 12.5. The van der Waals surface area contributed by atoms with Crippen LogP contribution in [0.4, 0.5) is 0 Å². The van der Waals surface area contributed by atoms with Gasteiger partial charge in [0, 0.05) is 37.8 Å². The van der Waals surface area contributed by atoms with E-state index in [4.69, 9.17) is 5.73 Å². The van der Waals surface area contributed by atoms with Gasteiger partial charge in [-0.2, -0.15) is 0 Å². The number of hydrogen-bond donors (Lipinski definition) is 2. The second-order valence-electron chi connectivity index (χ2n) is 6.49. The third-order valence-corrected chi connectivity index (χ3v) is 4.57. The van der Waals surface area contributed by atoms with Crippen LogP contribution >= 0.6 is 0 Å². The van der Waals surface area contributed by atoms with Crippen LogP contribution in [0.2, 0.25) is 0 Å². The Morgan fingerprint density at radius 1 is 1.22 bits per heavy atom. The maximum absolute atomic E-state index is 12.5. The van der Waals surface area contributed by atoms with Gasteiger partial charge in [-0.15, -0.1) is 0 Å². The second-order valence-corrected chi connectivity index (χ2v) is 6.49. The monoisotopic (exact) mass is 317 g/mol. The highest BCUT2D eigenvalue weighted by atomic mass is 16.2. The Balaban J connectivity index is 2.07. The molecule has 5 nitrogen and oxygen atoms in total. The Hall–Kier alpha value is -1.88. The third kappa shape index (κ3) is 4.55. The molecule has 3 N–H and O–H groups in total. The number of nitrogens with zero attached hydrogens (tertiary/aromatic N) is 1. The van der Waals surface area contributed by atoms with Gasteiger partial charge < -0.3 is 16.0 Å². The van der Waals surface area contributed by atoms with Gasteiger partial charge in [0.15, 0.2) is 0 Å². The molecule has 0 saturated heterocycles. The number of carbonyl (C=O) groups excluding carboxylic acids is 2. The van der Waals surface area contributed by atoms with Crippen molar-refractivity contribution in [3.8, 4) is 0 Å². The van der Waals surface area contributed by atoms with E-state index in [1.807, 2.05) is 0 Å². The lowest BCUT2D eigenvalue weighted by atomic mass is 9.84. The molecule has 1 saturated carbocycles. The van der Waals surface area contributed by atoms with Gasteiger partial charge in [0.1, 0.15) is 0 Å². The van der Waals surface area contributed by atoms with Crippen LogP contribution in [0.3, 0.4) is 0 Å². The zero-order chi connectivity index (χ0) is 16.8. The molecule has 1 aliphatic carbocycles. The van der Waals surface area contributed by atoms with Crippen LogP contribution in [0.15, 0.2) is 24.3 Å². The lowest BCUT2D eigenvalue weighted by Crippen LogP contribution is -2.45. The van der Waals surface area contributed by atoms with Crippen LogP contribution in [-0.2, 0) is 0 Å². The molecule has 2 amide bonds. The largest absolute Gasteiger partial charge is 0.348 e. The van der Waals surface area contributed by atoms with Gasteiger partial charge in [0.25, 0.3) is 11.8 Å². The van der Waals surface area contributed by atoms with Crippen molar-refractivity contribution in [2.45, 2.75) is 38.1 Å². The first-order valence-electron chi connectivity index (χ1n) is 8.35. The lowest BCUT2D eigenvalue weighted by Gasteiger charge is -2.30. The summed E-state index contributed by atoms with van der Waals surface area (Å²) in [5.74, 6) is 0.200. The fraction of sp³-hybridized carbons (Fsp3) is 0.556. The van der Waals surface area contributed by atoms with Crippen LogP contribution in [0.5, 0.6) is 0 Å². The van der Waals surface area contributed by atoms with Crippen molar-refractivity contribution in [3.05, 3.63) is 35.4 Å². The van der Waals surface area contributed by atoms with Gasteiger partial charge in [-0.1, -0.05) is 25.3 Å². The molecule has 0 unspecified atom stereocenters. The topological polar surface area (TPSA) is 75.4 Å². The second kappa shape index (κ2) is 8.11. The minimum absolute atomic E-state index is 0.0102. The zero-order valence-corrected chi connectivity index (χ0v) is 14.0. The Labute approximate surface area is 138 Å². The number of amides is 2. The number of rotatable bonds is 5. The van der Waals surface area contributed by atoms with E-state index in [9.17, 15) is 9.59 Å². The van der Waals surface area contributed by atoms with E-state index in [0.717, 1.165) is 12.8 Å². The summed E-state index contributed by atoms with van der Waals surface area (Å²) >= 11 is 0. The summed E-state index contributed by atoms with van der Waals surface area (Å²) in [6, 6.07) is 6.85. The quantitative estimate of drug-likeness (QED) is 0.872. The fourth-order valence-corrected chi connectivity index (χ4v) is 3.21. The van der Waals surface area contributed by atoms with Crippen molar-refractivity contribution in [1.82, 2.24) is 10.2 Å². The molecule has 23 heavy (non-hydrogen) atoms. The van der Waals surface area contributed by atoms with Crippen LogP contribution in [0.25, 0.3) is 0 Å². The molecule has 126 valence electrons. The third-order valence-electron chi connectivity index (χ3n) is 4.57. The molecular formula is C18H27N3O2. The molecule has 1 aromatic carbocycles. The Morgan fingerprint density at radius 2 is 1.87 bits per heavy atom. The normalized spacial score (nSPS) is 16.7. The van der Waals surface area contributed by atoms with Gasteiger partial charge in [-0.25, -0.2) is 0 Å². The Kier molecular flexibility index (Phi) is 6.16. The summed E-state index contributed by atoms with van der Waals surface area (Å²) in [4.78, 5) is 26.0. The van der Waals surface area contributed by atoms with E-state index in [1.54, 1.807) is 38.4 Å². The van der Waals surface area contributed by atoms with Crippen molar-refractivity contribution in [1.29, 1.82) is 0 Å². The Morgan fingerprint density at radius 3 is 2.48 bits per heavy atom. The molecule has 0 radical (unpaired) electrons. The first-order valence-corrected chi connectivity index (χ1v) is 8.35. The molecular weight excluding hydrogens is 290 g/mol. The summed E-state index contributed by atoms with van der Waals surface area (Å²) < 4.78 is 0. The first-order chi connectivity index (χ1) is 11.0. The predicted octanol–water partition coefficient (Wildman–Crippen LogP) is 2.03. The van der Waals surface area contributed by atoms with E-state index in [0.29, 0.717) is 23.6 Å². The smallest absolute Gasteiger partial charge is 0.253 e. The van der Waals surface area contributed by atoms with Crippen molar-refractivity contribution in [3.63, 3.8) is 0 Å². The first kappa shape index (κ1) is 17.5. The van der Waals surface area contributed by atoms with Gasteiger partial charge >= 0.3 is 0 Å². The van der Waals surface area contributed by atoms with E-state index in [2.05, 4.69) is 5.32 Å². The maximum Gasteiger partial charge on any atom is 0.253 e. The molecule has 2 rings (SSSR count). The molecule has 1 fully saturated rings. The van der Waals surface area contributed by atoms with E-state index >= 15 is 0 Å². The number of carbonyl (C=O) groups is 2. The van der Waals surface area contributed by atoms with E-state index < -0.39 is 0 Å². The van der Waals surface area contributed by atoms with Crippen molar-refractivity contribution in [2.75, 3.05) is 20.6 Å². The summed E-state index contributed by atoms with van der Waals surface area (Å²) in [6.45, 7) is 0.451. The molecule has 0 spiro atoms. The Bertz CT molecular complexity index is 551. The van der Waals surface area contributed by atoms with Gasteiger partial charge in [-0.3, -0.25) is 9.59 Å². The SMILES string of the molecule is CN(C)C(=O)c1cccc(C(=O)N[C@@H](CN)C2CCCCC2)c1. The number of benzene rings is 1. The highest BCUT2D eigenvalue weighted by molar-refractivity contribution is 5.99. The average Bonchev–Trinajstić information content (AvgIpc) is 2.59. The van der Waals surface area contributed by atoms with Crippen LogP contribution < -0.4 is 11.1 Å². The van der Waals surface area contributed by atoms with Gasteiger partial charge in [0.2, 0.25) is 0 Å². The van der Waals surface area contributed by atoms with Crippen molar-refractivity contribution < 1.29 is 9.59 Å². The van der Waals surface area contributed by atoms with Gasteiger partial charge in [0.05, 0.1) is 0 Å². The van der Waals surface area contributed by atoms with E-state index in [1.165, 1.54) is 24.2 Å². The van der Waals surface area contributed by atoms with Crippen LogP contribution in [-0.4, -0.2) is 43.4 Å². The highest BCUT2D eigenvalue weighted by Crippen LogP contribution is 2.26.